The first-order valence-electron chi connectivity index (χ1n) is 8.24. The van der Waals surface area contributed by atoms with Gasteiger partial charge in [-0.15, -0.1) is 0 Å². The van der Waals surface area contributed by atoms with Crippen LogP contribution in [0.4, 0.5) is 0 Å². The molecule has 1 unspecified atom stereocenters. The van der Waals surface area contributed by atoms with Crippen LogP contribution in [0.1, 0.15) is 62.3 Å². The van der Waals surface area contributed by atoms with E-state index in [2.05, 4.69) is 56.2 Å². The topological polar surface area (TPSA) is 41.3 Å². The Morgan fingerprint density at radius 3 is 2.00 bits per heavy atom. The highest BCUT2D eigenvalue weighted by Crippen LogP contribution is 2.33. The highest BCUT2D eigenvalue weighted by molar-refractivity contribution is 5.32. The first-order chi connectivity index (χ1) is 9.95. The number of hydrogen-bond acceptors (Lipinski definition) is 3. The lowest BCUT2D eigenvalue weighted by Crippen LogP contribution is -2.54. The largest absolute Gasteiger partial charge is 0.296 e. The molecule has 2 rings (SSSR count). The maximum atomic E-state index is 5.96. The van der Waals surface area contributed by atoms with Gasteiger partial charge in [-0.05, 0) is 59.2 Å². The van der Waals surface area contributed by atoms with Crippen molar-refractivity contribution in [2.45, 2.75) is 65.0 Å². The third kappa shape index (κ3) is 3.85. The summed E-state index contributed by atoms with van der Waals surface area (Å²) in [6, 6.07) is 6.89. The summed E-state index contributed by atoms with van der Waals surface area (Å²) >= 11 is 0. The van der Waals surface area contributed by atoms with E-state index < -0.39 is 0 Å². The first-order valence-corrected chi connectivity index (χ1v) is 8.24. The number of hydrogen-bond donors (Lipinski definition) is 2. The van der Waals surface area contributed by atoms with Gasteiger partial charge in [0.25, 0.3) is 0 Å². The van der Waals surface area contributed by atoms with Crippen molar-refractivity contribution in [3.63, 3.8) is 0 Å². The number of nitrogens with one attached hydrogen (secondary N) is 1. The molecule has 0 saturated carbocycles. The second kappa shape index (κ2) is 6.91. The highest BCUT2D eigenvalue weighted by Gasteiger charge is 2.36. The van der Waals surface area contributed by atoms with Crippen molar-refractivity contribution in [1.29, 1.82) is 0 Å². The standard InChI is InChI=1S/C18H31N3/c1-14-11-15(2)13-16(12-14)17(20-19)18(3,4)21-9-7-5-6-8-10-21/h11-13,17,20H,5-10,19H2,1-4H3. The van der Waals surface area contributed by atoms with Gasteiger partial charge in [-0.1, -0.05) is 42.2 Å². The molecule has 1 aliphatic heterocycles. The Hall–Kier alpha value is -0.900. The van der Waals surface area contributed by atoms with Crippen LogP contribution in [0.2, 0.25) is 0 Å². The lowest BCUT2D eigenvalue weighted by Gasteiger charge is -2.44. The summed E-state index contributed by atoms with van der Waals surface area (Å²) in [5, 5.41) is 0. The molecule has 3 N–H and O–H groups in total. The minimum atomic E-state index is 0.0132. The molecule has 1 saturated heterocycles. The molecule has 21 heavy (non-hydrogen) atoms. The van der Waals surface area contributed by atoms with Gasteiger partial charge in [-0.25, -0.2) is 0 Å². The monoisotopic (exact) mass is 289 g/mol. The van der Waals surface area contributed by atoms with Gasteiger partial charge in [0, 0.05) is 5.54 Å². The molecular formula is C18H31N3. The number of rotatable bonds is 4. The molecule has 1 aliphatic rings. The summed E-state index contributed by atoms with van der Waals surface area (Å²) in [4.78, 5) is 2.61. The van der Waals surface area contributed by atoms with Gasteiger partial charge in [-0.3, -0.25) is 16.2 Å². The van der Waals surface area contributed by atoms with Crippen LogP contribution in [0.3, 0.4) is 0 Å². The quantitative estimate of drug-likeness (QED) is 0.659. The van der Waals surface area contributed by atoms with Gasteiger partial charge in [0.05, 0.1) is 6.04 Å². The van der Waals surface area contributed by atoms with Gasteiger partial charge in [0.1, 0.15) is 0 Å². The molecule has 3 nitrogen and oxygen atoms in total. The minimum Gasteiger partial charge on any atom is -0.296 e. The zero-order chi connectivity index (χ0) is 15.5. The highest BCUT2D eigenvalue weighted by atomic mass is 15.3. The first kappa shape index (κ1) is 16.5. The molecule has 1 atom stereocenters. The fraction of sp³-hybridized carbons (Fsp3) is 0.667. The molecule has 118 valence electrons. The van der Waals surface area contributed by atoms with Crippen molar-refractivity contribution in [1.82, 2.24) is 10.3 Å². The summed E-state index contributed by atoms with van der Waals surface area (Å²) in [5.74, 6) is 5.96. The second-order valence-corrected chi connectivity index (χ2v) is 7.08. The summed E-state index contributed by atoms with van der Waals surface area (Å²) < 4.78 is 0. The van der Waals surface area contributed by atoms with Gasteiger partial charge < -0.3 is 0 Å². The lowest BCUT2D eigenvalue weighted by molar-refractivity contribution is 0.0834. The maximum Gasteiger partial charge on any atom is 0.0638 e. The lowest BCUT2D eigenvalue weighted by atomic mass is 9.86. The molecule has 3 heteroatoms. The van der Waals surface area contributed by atoms with E-state index in [4.69, 9.17) is 5.84 Å². The van der Waals surface area contributed by atoms with Gasteiger partial charge in [-0.2, -0.15) is 0 Å². The van der Waals surface area contributed by atoms with E-state index in [1.807, 2.05) is 0 Å². The van der Waals surface area contributed by atoms with E-state index in [0.717, 1.165) is 0 Å². The molecule has 1 aromatic rings. The molecule has 0 radical (unpaired) electrons. The van der Waals surface area contributed by atoms with Crippen molar-refractivity contribution < 1.29 is 0 Å². The normalized spacial score (nSPS) is 19.3. The van der Waals surface area contributed by atoms with Crippen LogP contribution in [0.5, 0.6) is 0 Å². The number of nitrogens with two attached hydrogens (primary N) is 1. The third-order valence-corrected chi connectivity index (χ3v) is 4.87. The van der Waals surface area contributed by atoms with Crippen LogP contribution < -0.4 is 11.3 Å². The van der Waals surface area contributed by atoms with Crippen molar-refractivity contribution in [3.05, 3.63) is 34.9 Å². The Bertz CT molecular complexity index is 439. The Labute approximate surface area is 129 Å². The Morgan fingerprint density at radius 1 is 1.00 bits per heavy atom. The zero-order valence-corrected chi connectivity index (χ0v) is 14.1. The van der Waals surface area contributed by atoms with Crippen LogP contribution in [0.25, 0.3) is 0 Å². The number of likely N-dealkylation sites (tertiary alicyclic amines) is 1. The number of aryl methyl sites for hydroxylation is 2. The SMILES string of the molecule is Cc1cc(C)cc(C(NN)C(C)(C)N2CCCCCC2)c1. The fourth-order valence-corrected chi connectivity index (χ4v) is 3.71. The summed E-state index contributed by atoms with van der Waals surface area (Å²) in [6.07, 6.45) is 5.31. The number of nitrogens with zero attached hydrogens (tertiary/aromatic N) is 1. The Morgan fingerprint density at radius 2 is 1.52 bits per heavy atom. The van der Waals surface area contributed by atoms with Crippen LogP contribution in [-0.4, -0.2) is 23.5 Å². The van der Waals surface area contributed by atoms with Crippen LogP contribution in [0, 0.1) is 13.8 Å². The molecular weight excluding hydrogens is 258 g/mol. The molecule has 0 amide bonds. The van der Waals surface area contributed by atoms with E-state index in [1.54, 1.807) is 0 Å². The van der Waals surface area contributed by atoms with Crippen molar-refractivity contribution >= 4 is 0 Å². The van der Waals surface area contributed by atoms with E-state index >= 15 is 0 Å². The summed E-state index contributed by atoms with van der Waals surface area (Å²) in [5.41, 5.74) is 7.00. The molecule has 1 fully saturated rings. The minimum absolute atomic E-state index is 0.0132. The van der Waals surface area contributed by atoms with Crippen LogP contribution in [-0.2, 0) is 0 Å². The average Bonchev–Trinajstić information content (AvgIpc) is 2.67. The molecule has 0 aliphatic carbocycles. The molecule has 1 aromatic carbocycles. The van der Waals surface area contributed by atoms with E-state index in [0.29, 0.717) is 0 Å². The summed E-state index contributed by atoms with van der Waals surface area (Å²) in [6.45, 7) is 11.3. The zero-order valence-electron chi connectivity index (χ0n) is 14.1. The second-order valence-electron chi connectivity index (χ2n) is 7.08. The van der Waals surface area contributed by atoms with E-state index in [-0.39, 0.29) is 11.6 Å². The number of hydrazine groups is 1. The molecule has 0 bridgehead atoms. The molecule has 1 heterocycles. The molecule has 0 aromatic heterocycles. The third-order valence-electron chi connectivity index (χ3n) is 4.87. The fourth-order valence-electron chi connectivity index (χ4n) is 3.71. The predicted octanol–water partition coefficient (Wildman–Crippen LogP) is 3.46. The average molecular weight is 289 g/mol. The smallest absolute Gasteiger partial charge is 0.0638 e. The van der Waals surface area contributed by atoms with E-state index in [1.165, 1.54) is 55.5 Å². The Kier molecular flexibility index (Phi) is 5.42. The summed E-state index contributed by atoms with van der Waals surface area (Å²) in [7, 11) is 0. The molecule has 0 spiro atoms. The maximum absolute atomic E-state index is 5.96. The van der Waals surface area contributed by atoms with Crippen molar-refractivity contribution in [3.8, 4) is 0 Å². The van der Waals surface area contributed by atoms with Crippen molar-refractivity contribution in [2.75, 3.05) is 13.1 Å². The number of benzene rings is 1. The Balaban J connectivity index is 2.28. The van der Waals surface area contributed by atoms with Gasteiger partial charge >= 0.3 is 0 Å². The van der Waals surface area contributed by atoms with E-state index in [9.17, 15) is 0 Å². The van der Waals surface area contributed by atoms with Crippen LogP contribution in [0.15, 0.2) is 18.2 Å². The van der Waals surface area contributed by atoms with Gasteiger partial charge in [0.15, 0.2) is 0 Å². The van der Waals surface area contributed by atoms with Crippen molar-refractivity contribution in [2.24, 2.45) is 5.84 Å². The predicted molar refractivity (Wildman–Crippen MR) is 90.1 cm³/mol. The van der Waals surface area contributed by atoms with Gasteiger partial charge in [0.2, 0.25) is 0 Å². The van der Waals surface area contributed by atoms with Crippen LogP contribution >= 0.6 is 0 Å².